The summed E-state index contributed by atoms with van der Waals surface area (Å²) in [5.74, 6) is 0. The van der Waals surface area contributed by atoms with Crippen molar-refractivity contribution in [3.05, 3.63) is 0 Å². The molecule has 0 heterocycles. The molecule has 68 valence electrons. The Hall–Kier alpha value is 0.960. The van der Waals surface area contributed by atoms with Crippen molar-refractivity contribution in [2.24, 2.45) is 0 Å². The Kier molecular flexibility index (Phi) is 8.26. The van der Waals surface area contributed by atoms with Gasteiger partial charge in [0.2, 0.25) is 0 Å². The zero-order valence-corrected chi connectivity index (χ0v) is 10.6. The largest absolute Gasteiger partial charge is 0.0879 e. The van der Waals surface area contributed by atoms with Gasteiger partial charge in [-0.25, -0.2) is 0 Å². The third kappa shape index (κ3) is 6.15. The molecule has 0 aliphatic rings. The van der Waals surface area contributed by atoms with Gasteiger partial charge in [-0.2, -0.15) is 0 Å². The molecule has 2 atom stereocenters. The molecule has 0 aromatic carbocycles. The van der Waals surface area contributed by atoms with E-state index >= 15 is 0 Å². The number of alkyl halides is 2. The van der Waals surface area contributed by atoms with Gasteiger partial charge in [0.15, 0.2) is 0 Å². The average molecular weight is 286 g/mol. The van der Waals surface area contributed by atoms with E-state index in [1.54, 1.807) is 0 Å². The molecule has 0 bridgehead atoms. The molecule has 11 heavy (non-hydrogen) atoms. The fourth-order valence-electron chi connectivity index (χ4n) is 1.04. The fourth-order valence-corrected chi connectivity index (χ4v) is 2.35. The Morgan fingerprint density at radius 1 is 0.909 bits per heavy atom. The van der Waals surface area contributed by atoms with Gasteiger partial charge in [0.25, 0.3) is 0 Å². The van der Waals surface area contributed by atoms with Crippen LogP contribution in [0, 0.1) is 0 Å². The van der Waals surface area contributed by atoms with Crippen molar-refractivity contribution in [3.8, 4) is 0 Å². The van der Waals surface area contributed by atoms with Gasteiger partial charge in [0.05, 0.1) is 0 Å². The molecule has 0 amide bonds. The summed E-state index contributed by atoms with van der Waals surface area (Å²) >= 11 is 7.39. The minimum absolute atomic E-state index is 0.666. The van der Waals surface area contributed by atoms with Crippen LogP contribution < -0.4 is 0 Å². The third-order valence-corrected chi connectivity index (χ3v) is 4.69. The fraction of sp³-hybridized carbons (Fsp3) is 1.00. The highest BCUT2D eigenvalue weighted by Gasteiger charge is 2.13. The minimum atomic E-state index is 0.666. The van der Waals surface area contributed by atoms with E-state index in [-0.39, 0.29) is 0 Å². The Balaban J connectivity index is 3.38. The molecule has 0 fully saturated rings. The molecule has 0 aliphatic carbocycles. The van der Waals surface area contributed by atoms with Crippen molar-refractivity contribution in [1.29, 1.82) is 0 Å². The van der Waals surface area contributed by atoms with Gasteiger partial charge in [0, 0.05) is 9.65 Å². The highest BCUT2D eigenvalue weighted by molar-refractivity contribution is 9.12. The second-order valence-electron chi connectivity index (χ2n) is 2.96. The number of hydrogen-bond donors (Lipinski definition) is 0. The van der Waals surface area contributed by atoms with Crippen LogP contribution in [0.4, 0.5) is 0 Å². The van der Waals surface area contributed by atoms with E-state index in [0.717, 1.165) is 0 Å². The van der Waals surface area contributed by atoms with Crippen LogP contribution in [0.1, 0.15) is 46.0 Å². The lowest BCUT2D eigenvalue weighted by molar-refractivity contribution is 0.640. The van der Waals surface area contributed by atoms with E-state index in [0.29, 0.717) is 9.65 Å². The van der Waals surface area contributed by atoms with Crippen molar-refractivity contribution >= 4 is 31.9 Å². The number of rotatable bonds is 6. The SMILES string of the molecule is CCCCC(Br)C(Br)CCC. The van der Waals surface area contributed by atoms with Gasteiger partial charge in [-0.3, -0.25) is 0 Å². The first kappa shape index (κ1) is 12.0. The van der Waals surface area contributed by atoms with E-state index < -0.39 is 0 Å². The maximum Gasteiger partial charge on any atom is 0.0271 e. The summed E-state index contributed by atoms with van der Waals surface area (Å²) < 4.78 is 0. The zero-order chi connectivity index (χ0) is 8.69. The molecule has 0 N–H and O–H groups in total. The van der Waals surface area contributed by atoms with Crippen LogP contribution in [-0.4, -0.2) is 9.65 Å². The highest BCUT2D eigenvalue weighted by atomic mass is 79.9. The summed E-state index contributed by atoms with van der Waals surface area (Å²) in [6.07, 6.45) is 6.48. The summed E-state index contributed by atoms with van der Waals surface area (Å²) in [7, 11) is 0. The van der Waals surface area contributed by atoms with Crippen LogP contribution in [0.5, 0.6) is 0 Å². The molecule has 0 saturated heterocycles. The van der Waals surface area contributed by atoms with Crippen molar-refractivity contribution in [2.45, 2.75) is 55.6 Å². The second kappa shape index (κ2) is 7.60. The lowest BCUT2D eigenvalue weighted by Crippen LogP contribution is -2.13. The second-order valence-corrected chi connectivity index (χ2v) is 5.32. The Morgan fingerprint density at radius 2 is 1.45 bits per heavy atom. The molecule has 0 aliphatic heterocycles. The van der Waals surface area contributed by atoms with Gasteiger partial charge in [-0.15, -0.1) is 0 Å². The van der Waals surface area contributed by atoms with E-state index in [1.807, 2.05) is 0 Å². The number of halogens is 2. The quantitative estimate of drug-likeness (QED) is 0.630. The van der Waals surface area contributed by atoms with Crippen LogP contribution in [0.3, 0.4) is 0 Å². The molecule has 0 aromatic heterocycles. The van der Waals surface area contributed by atoms with Gasteiger partial charge in [-0.1, -0.05) is 65.0 Å². The summed E-state index contributed by atoms with van der Waals surface area (Å²) in [6.45, 7) is 4.47. The standard InChI is InChI=1S/C9H18Br2/c1-3-5-7-9(11)8(10)6-4-2/h8-9H,3-7H2,1-2H3. The first-order valence-electron chi connectivity index (χ1n) is 4.50. The van der Waals surface area contributed by atoms with Crippen molar-refractivity contribution < 1.29 is 0 Å². The van der Waals surface area contributed by atoms with Gasteiger partial charge >= 0.3 is 0 Å². The molecule has 2 unspecified atom stereocenters. The molecular formula is C9H18Br2. The van der Waals surface area contributed by atoms with Gasteiger partial charge in [-0.05, 0) is 12.8 Å². The molecule has 2 heteroatoms. The Bertz CT molecular complexity index is 83.6. The lowest BCUT2D eigenvalue weighted by Gasteiger charge is -2.14. The molecule has 0 radical (unpaired) electrons. The predicted octanol–water partition coefficient (Wildman–Crippen LogP) is 4.50. The van der Waals surface area contributed by atoms with Crippen LogP contribution in [0.15, 0.2) is 0 Å². The van der Waals surface area contributed by atoms with Crippen LogP contribution in [0.2, 0.25) is 0 Å². The molecule has 0 nitrogen and oxygen atoms in total. The van der Waals surface area contributed by atoms with Crippen LogP contribution in [0.25, 0.3) is 0 Å². The van der Waals surface area contributed by atoms with E-state index in [2.05, 4.69) is 45.7 Å². The third-order valence-electron chi connectivity index (χ3n) is 1.79. The van der Waals surface area contributed by atoms with Crippen molar-refractivity contribution in [3.63, 3.8) is 0 Å². The van der Waals surface area contributed by atoms with Gasteiger partial charge in [0.1, 0.15) is 0 Å². The van der Waals surface area contributed by atoms with Crippen LogP contribution >= 0.6 is 31.9 Å². The summed E-state index contributed by atoms with van der Waals surface area (Å²) in [6, 6.07) is 0. The molecule has 0 aromatic rings. The first-order valence-corrected chi connectivity index (χ1v) is 6.33. The normalized spacial score (nSPS) is 16.4. The molecule has 0 saturated carbocycles. The smallest absolute Gasteiger partial charge is 0.0271 e. The number of unbranched alkanes of at least 4 members (excludes halogenated alkanes) is 1. The Morgan fingerprint density at radius 3 is 1.91 bits per heavy atom. The van der Waals surface area contributed by atoms with E-state index in [4.69, 9.17) is 0 Å². The summed E-state index contributed by atoms with van der Waals surface area (Å²) in [5, 5.41) is 0. The average Bonchev–Trinajstić information content (AvgIpc) is 2.00. The van der Waals surface area contributed by atoms with Crippen molar-refractivity contribution in [2.75, 3.05) is 0 Å². The van der Waals surface area contributed by atoms with Gasteiger partial charge < -0.3 is 0 Å². The predicted molar refractivity (Wildman–Crippen MR) is 59.9 cm³/mol. The monoisotopic (exact) mass is 284 g/mol. The first-order chi connectivity index (χ1) is 5.22. The number of hydrogen-bond acceptors (Lipinski definition) is 0. The summed E-state index contributed by atoms with van der Waals surface area (Å²) in [5.41, 5.74) is 0. The molecule has 0 rings (SSSR count). The molecular weight excluding hydrogens is 268 g/mol. The molecule has 0 spiro atoms. The topological polar surface area (TPSA) is 0 Å². The maximum absolute atomic E-state index is 3.70. The van der Waals surface area contributed by atoms with E-state index in [1.165, 1.54) is 32.1 Å². The van der Waals surface area contributed by atoms with Crippen LogP contribution in [-0.2, 0) is 0 Å². The van der Waals surface area contributed by atoms with Crippen molar-refractivity contribution in [1.82, 2.24) is 0 Å². The van der Waals surface area contributed by atoms with E-state index in [9.17, 15) is 0 Å². The minimum Gasteiger partial charge on any atom is -0.0879 e. The zero-order valence-electron chi connectivity index (χ0n) is 7.45. The maximum atomic E-state index is 3.70. The summed E-state index contributed by atoms with van der Waals surface area (Å²) in [4.78, 5) is 1.33. The lowest BCUT2D eigenvalue weighted by atomic mass is 10.1. The Labute approximate surface area is 87.4 Å². The highest BCUT2D eigenvalue weighted by Crippen LogP contribution is 2.23.